The Balaban J connectivity index is 1.60. The minimum atomic E-state index is -3.52. The molecule has 1 aromatic heterocycles. The van der Waals surface area contributed by atoms with Gasteiger partial charge in [-0.25, -0.2) is 13.4 Å². The monoisotopic (exact) mass is 550 g/mol. The minimum Gasteiger partial charge on any atom is -0.495 e. The van der Waals surface area contributed by atoms with Crippen molar-refractivity contribution < 1.29 is 22.5 Å². The molecule has 0 aliphatic carbocycles. The molecule has 2 aromatic carbocycles. The van der Waals surface area contributed by atoms with Crippen LogP contribution in [0.5, 0.6) is 5.75 Å². The van der Waals surface area contributed by atoms with Crippen LogP contribution in [0.1, 0.15) is 12.8 Å². The highest BCUT2D eigenvalue weighted by Crippen LogP contribution is 2.39. The van der Waals surface area contributed by atoms with Crippen molar-refractivity contribution in [3.05, 3.63) is 53.7 Å². The third-order valence-corrected chi connectivity index (χ3v) is 9.92. The van der Waals surface area contributed by atoms with Crippen LogP contribution in [0.15, 0.2) is 53.6 Å². The number of hydrogen-bond acceptors (Lipinski definition) is 9. The topological polar surface area (TPSA) is 120 Å². The Hall–Kier alpha value is -2.65. The van der Waals surface area contributed by atoms with Crippen molar-refractivity contribution in [2.45, 2.75) is 23.0 Å². The third-order valence-electron chi connectivity index (χ3n) is 5.84. The molecule has 0 unspecified atom stereocenters. The number of para-hydroxylation sites is 1. The van der Waals surface area contributed by atoms with Gasteiger partial charge in [-0.3, -0.25) is 0 Å². The Bertz CT molecular complexity index is 1410. The second kappa shape index (κ2) is 10.8. The van der Waals surface area contributed by atoms with Crippen molar-refractivity contribution in [1.29, 1.82) is 0 Å². The summed E-state index contributed by atoms with van der Waals surface area (Å²) >= 11 is 6.33. The van der Waals surface area contributed by atoms with Crippen molar-refractivity contribution in [1.82, 2.24) is 9.97 Å². The molecule has 1 saturated heterocycles. The summed E-state index contributed by atoms with van der Waals surface area (Å²) in [7, 11) is -4.60. The first-order valence-corrected chi connectivity index (χ1v) is 15.8. The van der Waals surface area contributed by atoms with Crippen LogP contribution in [0.25, 0.3) is 0 Å². The summed E-state index contributed by atoms with van der Waals surface area (Å²) in [6.07, 6.45) is 2.37. The van der Waals surface area contributed by atoms with E-state index in [-0.39, 0.29) is 15.9 Å². The highest BCUT2D eigenvalue weighted by molar-refractivity contribution is 7.92. The van der Waals surface area contributed by atoms with Gasteiger partial charge >= 0.3 is 0 Å². The number of sulfone groups is 1. The lowest BCUT2D eigenvalue weighted by Gasteiger charge is -2.22. The van der Waals surface area contributed by atoms with Crippen LogP contribution in [0, 0.1) is 0 Å². The summed E-state index contributed by atoms with van der Waals surface area (Å²) in [5.74, 6) is 0.876. The van der Waals surface area contributed by atoms with Crippen molar-refractivity contribution in [2.24, 2.45) is 0 Å². The Morgan fingerprint density at radius 3 is 2.50 bits per heavy atom. The molecular weight excluding hydrogens is 523 g/mol. The van der Waals surface area contributed by atoms with Crippen molar-refractivity contribution in [3.8, 4) is 5.75 Å². The van der Waals surface area contributed by atoms with E-state index in [0.29, 0.717) is 54.3 Å². The first kappa shape index (κ1) is 26.4. The molecule has 0 atom stereocenters. The second-order valence-corrected chi connectivity index (χ2v) is 14.5. The van der Waals surface area contributed by atoms with Crippen LogP contribution >= 0.6 is 18.7 Å². The van der Waals surface area contributed by atoms with Gasteiger partial charge in [-0.05, 0) is 50.4 Å². The molecule has 3 aromatic rings. The molecule has 192 valence electrons. The molecule has 2 heterocycles. The first-order valence-electron chi connectivity index (χ1n) is 11.3. The quantitative estimate of drug-likeness (QED) is 0.380. The van der Waals surface area contributed by atoms with E-state index in [4.69, 9.17) is 21.1 Å². The highest BCUT2D eigenvalue weighted by Gasteiger charge is 2.30. The summed E-state index contributed by atoms with van der Waals surface area (Å²) in [5, 5.41) is 6.69. The first-order chi connectivity index (χ1) is 17.1. The Morgan fingerprint density at radius 2 is 1.81 bits per heavy atom. The number of benzene rings is 2. The molecule has 0 spiro atoms. The van der Waals surface area contributed by atoms with E-state index in [2.05, 4.69) is 20.6 Å². The fourth-order valence-corrected chi connectivity index (χ4v) is 6.96. The molecule has 2 N–H and O–H groups in total. The molecule has 4 rings (SSSR count). The normalized spacial score (nSPS) is 14.9. The molecule has 36 heavy (non-hydrogen) atoms. The van der Waals surface area contributed by atoms with Crippen LogP contribution in [0.3, 0.4) is 0 Å². The van der Waals surface area contributed by atoms with E-state index in [1.807, 2.05) is 12.1 Å². The number of ether oxygens (including phenoxy) is 2. The zero-order chi connectivity index (χ0) is 25.9. The fraction of sp³-hybridized carbons (Fsp3) is 0.333. The lowest BCUT2D eigenvalue weighted by molar-refractivity contribution is 0.0983. The number of methoxy groups -OCH3 is 1. The van der Waals surface area contributed by atoms with Gasteiger partial charge in [0.05, 0.1) is 34.8 Å². The minimum absolute atomic E-state index is 0.191. The molecule has 1 fully saturated rings. The molecular formula is C24H28ClN4O5PS. The smallest absolute Gasteiger partial charge is 0.229 e. The molecule has 9 nitrogen and oxygen atoms in total. The molecule has 0 bridgehead atoms. The standard InChI is InChI=1S/C24H28ClN4O5PS/c1-33-21-14-17(36(31,32)16-10-12-34-13-11-16)8-9-19(21)28-24-26-15-18(25)23(29-24)27-20-6-4-5-7-22(20)35(2,3)30/h4-9,14-16H,10-13H2,1-3H3,(H2,26,27,28,29). The van der Waals surface area contributed by atoms with Gasteiger partial charge in [0, 0.05) is 24.6 Å². The molecule has 0 radical (unpaired) electrons. The number of rotatable bonds is 8. The maximum Gasteiger partial charge on any atom is 0.229 e. The van der Waals surface area contributed by atoms with Crippen LogP contribution in [-0.4, -0.2) is 57.3 Å². The highest BCUT2D eigenvalue weighted by atomic mass is 35.5. The lowest BCUT2D eigenvalue weighted by Crippen LogP contribution is -2.29. The summed E-state index contributed by atoms with van der Waals surface area (Å²) < 4.78 is 49.6. The lowest BCUT2D eigenvalue weighted by atomic mass is 10.2. The van der Waals surface area contributed by atoms with E-state index in [0.717, 1.165) is 0 Å². The third kappa shape index (κ3) is 5.83. The van der Waals surface area contributed by atoms with E-state index < -0.39 is 22.2 Å². The van der Waals surface area contributed by atoms with Gasteiger partial charge in [-0.15, -0.1) is 0 Å². The molecule has 1 aliphatic heterocycles. The van der Waals surface area contributed by atoms with Gasteiger partial charge in [-0.2, -0.15) is 4.98 Å². The van der Waals surface area contributed by atoms with Crippen LogP contribution in [0.4, 0.5) is 23.1 Å². The van der Waals surface area contributed by atoms with Gasteiger partial charge in [0.25, 0.3) is 0 Å². The average molecular weight is 551 g/mol. The molecule has 12 heteroatoms. The largest absolute Gasteiger partial charge is 0.495 e. The Labute approximate surface area is 215 Å². The Kier molecular flexibility index (Phi) is 7.90. The second-order valence-electron chi connectivity index (χ2n) is 8.73. The van der Waals surface area contributed by atoms with E-state index >= 15 is 0 Å². The van der Waals surface area contributed by atoms with Gasteiger partial charge in [0.1, 0.15) is 17.9 Å². The SMILES string of the molecule is COc1cc(S(=O)(=O)C2CCOCC2)ccc1Nc1ncc(Cl)c(Nc2ccccc2P(C)(C)=O)n1. The van der Waals surface area contributed by atoms with Gasteiger partial charge in [0.15, 0.2) is 15.7 Å². The van der Waals surface area contributed by atoms with E-state index in [1.165, 1.54) is 19.4 Å². The van der Waals surface area contributed by atoms with Crippen LogP contribution in [-0.2, 0) is 19.1 Å². The predicted octanol–water partition coefficient (Wildman–Crippen LogP) is 4.83. The number of aromatic nitrogens is 2. The Morgan fingerprint density at radius 1 is 1.08 bits per heavy atom. The number of halogens is 1. The zero-order valence-electron chi connectivity index (χ0n) is 20.2. The van der Waals surface area contributed by atoms with Crippen molar-refractivity contribution >= 4 is 57.0 Å². The fourth-order valence-electron chi connectivity index (χ4n) is 3.94. The maximum absolute atomic E-state index is 13.1. The van der Waals surface area contributed by atoms with Crippen molar-refractivity contribution in [2.75, 3.05) is 44.3 Å². The average Bonchev–Trinajstić information content (AvgIpc) is 2.86. The molecule has 0 amide bonds. The predicted molar refractivity (Wildman–Crippen MR) is 143 cm³/mol. The summed E-state index contributed by atoms with van der Waals surface area (Å²) in [6.45, 7) is 4.26. The van der Waals surface area contributed by atoms with E-state index in [9.17, 15) is 13.0 Å². The van der Waals surface area contributed by atoms with Gasteiger partial charge in [0.2, 0.25) is 5.95 Å². The number of nitrogens with one attached hydrogen (secondary N) is 2. The van der Waals surface area contributed by atoms with Crippen molar-refractivity contribution in [3.63, 3.8) is 0 Å². The maximum atomic E-state index is 13.1. The number of nitrogens with zero attached hydrogens (tertiary/aromatic N) is 2. The number of hydrogen-bond donors (Lipinski definition) is 2. The van der Waals surface area contributed by atoms with Crippen LogP contribution < -0.4 is 20.7 Å². The van der Waals surface area contributed by atoms with Gasteiger partial charge < -0.3 is 24.7 Å². The number of anilines is 4. The van der Waals surface area contributed by atoms with E-state index in [1.54, 1.807) is 37.6 Å². The zero-order valence-corrected chi connectivity index (χ0v) is 22.7. The summed E-state index contributed by atoms with van der Waals surface area (Å²) in [6, 6.07) is 11.9. The van der Waals surface area contributed by atoms with Gasteiger partial charge in [-0.1, -0.05) is 23.7 Å². The molecule has 0 saturated carbocycles. The summed E-state index contributed by atoms with van der Waals surface area (Å²) in [5.41, 5.74) is 1.13. The van der Waals surface area contributed by atoms with Crippen LogP contribution in [0.2, 0.25) is 5.02 Å². The summed E-state index contributed by atoms with van der Waals surface area (Å²) in [4.78, 5) is 8.88. The molecule has 1 aliphatic rings.